The highest BCUT2D eigenvalue weighted by atomic mass is 16.5. The molecule has 3 aromatic carbocycles. The van der Waals surface area contributed by atoms with E-state index in [4.69, 9.17) is 4.74 Å². The van der Waals surface area contributed by atoms with E-state index in [1.807, 2.05) is 37.3 Å². The summed E-state index contributed by atoms with van der Waals surface area (Å²) in [7, 11) is 1.60. The zero-order valence-electron chi connectivity index (χ0n) is 19.3. The number of para-hydroxylation sites is 1. The van der Waals surface area contributed by atoms with Gasteiger partial charge in [-0.1, -0.05) is 43.3 Å². The van der Waals surface area contributed by atoms with Crippen LogP contribution in [0.4, 0.5) is 0 Å². The van der Waals surface area contributed by atoms with Gasteiger partial charge >= 0.3 is 5.69 Å². The number of amides is 1. The molecule has 0 aliphatic carbocycles. The molecule has 0 unspecified atom stereocenters. The Morgan fingerprint density at radius 2 is 1.71 bits per heavy atom. The van der Waals surface area contributed by atoms with Crippen LogP contribution < -0.4 is 21.3 Å². The number of nitrogens with one attached hydrogen (secondary N) is 1. The molecule has 174 valence electrons. The monoisotopic (exact) mass is 457 g/mol. The van der Waals surface area contributed by atoms with Crippen LogP contribution in [-0.4, -0.2) is 28.7 Å². The second kappa shape index (κ2) is 10.2. The van der Waals surface area contributed by atoms with E-state index in [1.54, 1.807) is 54.1 Å². The van der Waals surface area contributed by atoms with Crippen LogP contribution >= 0.6 is 0 Å². The minimum absolute atomic E-state index is 0.0573. The summed E-state index contributed by atoms with van der Waals surface area (Å²) in [5.41, 5.74) is 1.91. The molecule has 34 heavy (non-hydrogen) atoms. The average molecular weight is 458 g/mol. The van der Waals surface area contributed by atoms with E-state index in [0.29, 0.717) is 28.9 Å². The Bertz CT molecular complexity index is 1440. The summed E-state index contributed by atoms with van der Waals surface area (Å²) >= 11 is 0. The van der Waals surface area contributed by atoms with E-state index in [1.165, 1.54) is 4.57 Å². The second-order valence-corrected chi connectivity index (χ2v) is 8.07. The highest BCUT2D eigenvalue weighted by Gasteiger charge is 2.15. The molecule has 4 rings (SSSR count). The number of methoxy groups -OCH3 is 1. The van der Waals surface area contributed by atoms with Crippen molar-refractivity contribution < 1.29 is 9.53 Å². The SMILES string of the molecule is CCCNC(=O)Cc1ccc(-n2c(=O)c3ccccc3n(Cc3cccc(OC)c3)c2=O)cc1. The van der Waals surface area contributed by atoms with Crippen LogP contribution in [0.2, 0.25) is 0 Å². The van der Waals surface area contributed by atoms with Crippen molar-refractivity contribution in [2.75, 3.05) is 13.7 Å². The van der Waals surface area contributed by atoms with Crippen molar-refractivity contribution in [1.29, 1.82) is 0 Å². The first-order chi connectivity index (χ1) is 16.5. The van der Waals surface area contributed by atoms with Gasteiger partial charge in [-0.15, -0.1) is 0 Å². The number of ether oxygens (including phenoxy) is 1. The number of rotatable bonds is 8. The standard InChI is InChI=1S/C27H27N3O4/c1-3-15-28-25(31)17-19-11-13-21(14-12-19)30-26(32)23-9-4-5-10-24(23)29(27(30)33)18-20-7-6-8-22(16-20)34-2/h4-14,16H,3,15,17-18H2,1-2H3,(H,28,31). The van der Waals surface area contributed by atoms with Gasteiger partial charge < -0.3 is 10.1 Å². The number of carbonyl (C=O) groups is 1. The molecular formula is C27H27N3O4. The van der Waals surface area contributed by atoms with Crippen molar-refractivity contribution in [3.63, 3.8) is 0 Å². The summed E-state index contributed by atoms with van der Waals surface area (Å²) in [6.07, 6.45) is 1.12. The maximum atomic E-state index is 13.6. The first-order valence-electron chi connectivity index (χ1n) is 11.3. The van der Waals surface area contributed by atoms with Gasteiger partial charge in [0.05, 0.1) is 36.7 Å². The van der Waals surface area contributed by atoms with Crippen molar-refractivity contribution in [3.05, 3.63) is 105 Å². The Balaban J connectivity index is 1.77. The third-order valence-electron chi connectivity index (χ3n) is 5.66. The third kappa shape index (κ3) is 4.78. The maximum absolute atomic E-state index is 13.6. The van der Waals surface area contributed by atoms with Crippen molar-refractivity contribution in [2.24, 2.45) is 0 Å². The van der Waals surface area contributed by atoms with Gasteiger partial charge in [0.2, 0.25) is 5.91 Å². The molecule has 0 fully saturated rings. The zero-order chi connectivity index (χ0) is 24.1. The fourth-order valence-corrected chi connectivity index (χ4v) is 3.93. The molecule has 0 bridgehead atoms. The normalized spacial score (nSPS) is 10.9. The van der Waals surface area contributed by atoms with Gasteiger partial charge in [0.15, 0.2) is 0 Å². The van der Waals surface area contributed by atoms with E-state index in [9.17, 15) is 14.4 Å². The Hall–Kier alpha value is -4.13. The van der Waals surface area contributed by atoms with Gasteiger partial charge in [-0.2, -0.15) is 0 Å². The van der Waals surface area contributed by atoms with Crippen LogP contribution in [-0.2, 0) is 17.8 Å². The minimum Gasteiger partial charge on any atom is -0.497 e. The summed E-state index contributed by atoms with van der Waals surface area (Å²) in [5, 5.41) is 3.30. The Morgan fingerprint density at radius 1 is 0.941 bits per heavy atom. The fourth-order valence-electron chi connectivity index (χ4n) is 3.93. The molecular weight excluding hydrogens is 430 g/mol. The summed E-state index contributed by atoms with van der Waals surface area (Å²) in [5.74, 6) is 0.639. The minimum atomic E-state index is -0.431. The quantitative estimate of drug-likeness (QED) is 0.440. The molecule has 0 aliphatic rings. The molecule has 0 saturated heterocycles. The Labute approximate surface area is 197 Å². The molecule has 0 spiro atoms. The molecule has 0 aliphatic heterocycles. The van der Waals surface area contributed by atoms with Gasteiger partial charge in [0, 0.05) is 6.54 Å². The van der Waals surface area contributed by atoms with Crippen LogP contribution in [0.1, 0.15) is 24.5 Å². The fraction of sp³-hybridized carbons (Fsp3) is 0.222. The van der Waals surface area contributed by atoms with E-state index in [0.717, 1.165) is 17.5 Å². The molecule has 1 aromatic heterocycles. The smallest absolute Gasteiger partial charge is 0.336 e. The van der Waals surface area contributed by atoms with Gasteiger partial charge in [-0.3, -0.25) is 14.2 Å². The van der Waals surface area contributed by atoms with Crippen molar-refractivity contribution in [1.82, 2.24) is 14.5 Å². The highest BCUT2D eigenvalue weighted by Crippen LogP contribution is 2.16. The lowest BCUT2D eigenvalue weighted by molar-refractivity contribution is -0.120. The van der Waals surface area contributed by atoms with Gasteiger partial charge in [-0.05, 0) is 53.9 Å². The third-order valence-corrected chi connectivity index (χ3v) is 5.66. The molecule has 0 radical (unpaired) electrons. The second-order valence-electron chi connectivity index (χ2n) is 8.07. The van der Waals surface area contributed by atoms with E-state index < -0.39 is 5.69 Å². The Morgan fingerprint density at radius 3 is 2.44 bits per heavy atom. The lowest BCUT2D eigenvalue weighted by Gasteiger charge is -2.15. The van der Waals surface area contributed by atoms with Crippen LogP contribution in [0, 0.1) is 0 Å². The number of fused-ring (bicyclic) bond motifs is 1. The number of benzene rings is 3. The van der Waals surface area contributed by atoms with Gasteiger partial charge in [0.25, 0.3) is 5.56 Å². The van der Waals surface area contributed by atoms with Crippen molar-refractivity contribution in [3.8, 4) is 11.4 Å². The molecule has 1 amide bonds. The van der Waals surface area contributed by atoms with E-state index >= 15 is 0 Å². The van der Waals surface area contributed by atoms with E-state index in [2.05, 4.69) is 5.32 Å². The van der Waals surface area contributed by atoms with Crippen LogP contribution in [0.25, 0.3) is 16.6 Å². The number of nitrogens with zero attached hydrogens (tertiary/aromatic N) is 2. The Kier molecular flexibility index (Phi) is 6.92. The predicted molar refractivity (Wildman–Crippen MR) is 133 cm³/mol. The summed E-state index contributed by atoms with van der Waals surface area (Å²) in [6.45, 7) is 2.92. The van der Waals surface area contributed by atoms with Crippen LogP contribution in [0.15, 0.2) is 82.4 Å². The molecule has 4 aromatic rings. The summed E-state index contributed by atoms with van der Waals surface area (Å²) < 4.78 is 8.09. The number of hydrogen-bond donors (Lipinski definition) is 1. The topological polar surface area (TPSA) is 82.3 Å². The van der Waals surface area contributed by atoms with Gasteiger partial charge in [-0.25, -0.2) is 9.36 Å². The predicted octanol–water partition coefficient (Wildman–Crippen LogP) is 3.28. The zero-order valence-corrected chi connectivity index (χ0v) is 19.3. The molecule has 0 atom stereocenters. The summed E-state index contributed by atoms with van der Waals surface area (Å²) in [4.78, 5) is 38.9. The maximum Gasteiger partial charge on any atom is 0.336 e. The lowest BCUT2D eigenvalue weighted by Crippen LogP contribution is -2.39. The molecule has 7 heteroatoms. The van der Waals surface area contributed by atoms with Crippen molar-refractivity contribution in [2.45, 2.75) is 26.3 Å². The van der Waals surface area contributed by atoms with Gasteiger partial charge in [0.1, 0.15) is 5.75 Å². The average Bonchev–Trinajstić information content (AvgIpc) is 2.86. The summed E-state index contributed by atoms with van der Waals surface area (Å²) in [6, 6.07) is 21.5. The first-order valence-corrected chi connectivity index (χ1v) is 11.3. The molecule has 0 saturated carbocycles. The number of hydrogen-bond acceptors (Lipinski definition) is 4. The highest BCUT2D eigenvalue weighted by molar-refractivity contribution is 5.79. The van der Waals surface area contributed by atoms with Crippen molar-refractivity contribution >= 4 is 16.8 Å². The lowest BCUT2D eigenvalue weighted by atomic mass is 10.1. The number of aromatic nitrogens is 2. The first kappa shape index (κ1) is 23.0. The van der Waals surface area contributed by atoms with E-state index in [-0.39, 0.29) is 24.4 Å². The number of carbonyl (C=O) groups excluding carboxylic acids is 1. The largest absolute Gasteiger partial charge is 0.497 e. The molecule has 1 N–H and O–H groups in total. The molecule has 7 nitrogen and oxygen atoms in total. The van der Waals surface area contributed by atoms with Crippen LogP contribution in [0.5, 0.6) is 5.75 Å². The van der Waals surface area contributed by atoms with Crippen LogP contribution in [0.3, 0.4) is 0 Å². The molecule has 1 heterocycles.